The first-order valence-corrected chi connectivity index (χ1v) is 16.2. The van der Waals surface area contributed by atoms with Gasteiger partial charge < -0.3 is 4.57 Å². The van der Waals surface area contributed by atoms with Gasteiger partial charge in [-0.2, -0.15) is 0 Å². The van der Waals surface area contributed by atoms with Crippen LogP contribution < -0.4 is 0 Å². The number of aromatic nitrogens is 1. The maximum absolute atomic E-state index is 2.53. The lowest BCUT2D eigenvalue weighted by atomic mass is 9.81. The first-order chi connectivity index (χ1) is 22.6. The minimum atomic E-state index is -0.0900. The van der Waals surface area contributed by atoms with Crippen LogP contribution in [0.4, 0.5) is 0 Å². The van der Waals surface area contributed by atoms with Crippen LogP contribution in [0.1, 0.15) is 25.0 Å². The van der Waals surface area contributed by atoms with Gasteiger partial charge in [-0.1, -0.05) is 141 Å². The molecule has 1 aromatic heterocycles. The Labute approximate surface area is 268 Å². The molecule has 0 amide bonds. The molecule has 0 bridgehead atoms. The van der Waals surface area contributed by atoms with Crippen molar-refractivity contribution in [2.24, 2.45) is 0 Å². The molecule has 8 aromatic carbocycles. The van der Waals surface area contributed by atoms with Gasteiger partial charge in [0.25, 0.3) is 0 Å². The van der Waals surface area contributed by atoms with Crippen LogP contribution in [0.3, 0.4) is 0 Å². The van der Waals surface area contributed by atoms with E-state index in [1.165, 1.54) is 93.2 Å². The normalized spacial score (nSPS) is 13.6. The van der Waals surface area contributed by atoms with Gasteiger partial charge in [0.15, 0.2) is 0 Å². The van der Waals surface area contributed by atoms with Gasteiger partial charge in [-0.3, -0.25) is 0 Å². The van der Waals surface area contributed by atoms with Gasteiger partial charge in [-0.05, 0) is 84.4 Å². The molecule has 0 atom stereocenters. The second-order valence-corrected chi connectivity index (χ2v) is 13.3. The van der Waals surface area contributed by atoms with E-state index in [-0.39, 0.29) is 5.41 Å². The van der Waals surface area contributed by atoms with Crippen molar-refractivity contribution in [3.8, 4) is 27.9 Å². The van der Waals surface area contributed by atoms with Crippen LogP contribution in [0, 0.1) is 0 Å². The van der Waals surface area contributed by atoms with Crippen LogP contribution in [0.15, 0.2) is 152 Å². The van der Waals surface area contributed by atoms with E-state index in [9.17, 15) is 0 Å². The molecule has 1 heteroatoms. The lowest BCUT2D eigenvalue weighted by Gasteiger charge is -2.22. The van der Waals surface area contributed by atoms with E-state index in [1.807, 2.05) is 0 Å². The van der Waals surface area contributed by atoms with Crippen LogP contribution in [0.2, 0.25) is 0 Å². The summed E-state index contributed by atoms with van der Waals surface area (Å²) in [6.07, 6.45) is 0. The van der Waals surface area contributed by atoms with Crippen molar-refractivity contribution in [1.82, 2.24) is 4.57 Å². The zero-order valence-electron chi connectivity index (χ0n) is 25.9. The molecule has 0 N–H and O–H groups in total. The average Bonchev–Trinajstić information content (AvgIpc) is 3.57. The molecule has 0 aliphatic heterocycles. The summed E-state index contributed by atoms with van der Waals surface area (Å²) in [5.74, 6) is 0. The molecule has 46 heavy (non-hydrogen) atoms. The first-order valence-electron chi connectivity index (χ1n) is 16.2. The summed E-state index contributed by atoms with van der Waals surface area (Å²) in [6.45, 7) is 4.79. The zero-order valence-corrected chi connectivity index (χ0v) is 25.9. The molecule has 0 spiro atoms. The highest BCUT2D eigenvalue weighted by molar-refractivity contribution is 6.35. The zero-order chi connectivity index (χ0) is 30.6. The Morgan fingerprint density at radius 2 is 0.978 bits per heavy atom. The van der Waals surface area contributed by atoms with Crippen LogP contribution in [0.25, 0.3) is 82.1 Å². The van der Waals surface area contributed by atoms with E-state index in [0.29, 0.717) is 0 Å². The predicted octanol–water partition coefficient (Wildman–Crippen LogP) is 12.2. The Morgan fingerprint density at radius 1 is 0.391 bits per heavy atom. The number of nitrogens with zero attached hydrogens (tertiary/aromatic N) is 1. The molecule has 1 aliphatic rings. The molecule has 1 heterocycles. The molecular formula is C45H31N. The summed E-state index contributed by atoms with van der Waals surface area (Å²) in [7, 11) is 0. The van der Waals surface area contributed by atoms with Crippen molar-refractivity contribution in [2.45, 2.75) is 19.3 Å². The van der Waals surface area contributed by atoms with E-state index in [1.54, 1.807) is 0 Å². The van der Waals surface area contributed by atoms with Crippen molar-refractivity contribution in [3.05, 3.63) is 163 Å². The fraction of sp³-hybridized carbons (Fsp3) is 0.0667. The lowest BCUT2D eigenvalue weighted by Crippen LogP contribution is -2.15. The van der Waals surface area contributed by atoms with Gasteiger partial charge in [0.05, 0.1) is 16.7 Å². The van der Waals surface area contributed by atoms with Gasteiger partial charge in [0.2, 0.25) is 0 Å². The van der Waals surface area contributed by atoms with Crippen molar-refractivity contribution < 1.29 is 0 Å². The Bertz CT molecular complexity index is 2710. The van der Waals surface area contributed by atoms with E-state index >= 15 is 0 Å². The van der Waals surface area contributed by atoms with E-state index in [2.05, 4.69) is 170 Å². The fourth-order valence-corrected chi connectivity index (χ4v) is 8.49. The van der Waals surface area contributed by atoms with E-state index in [4.69, 9.17) is 0 Å². The number of rotatable bonds is 3. The van der Waals surface area contributed by atoms with Crippen molar-refractivity contribution in [3.63, 3.8) is 0 Å². The van der Waals surface area contributed by atoms with Gasteiger partial charge in [0, 0.05) is 21.8 Å². The standard InChI is InChI=1S/C45H31N/c1-45(2)36-22-11-20-34-32-18-6-7-19-33(32)35-21-12-24-39-42(35)44-40(26-25-37(45)43(44)41(34)36)46(39)38-23-9-8-17-31(38)30-16-10-15-29(27-30)28-13-4-3-5-14-28/h3-27H,1-2H3. The first kappa shape index (κ1) is 25.6. The molecule has 0 saturated heterocycles. The number of fused-ring (bicyclic) bond motifs is 3. The lowest BCUT2D eigenvalue weighted by molar-refractivity contribution is 0.663. The SMILES string of the molecule is CC1(C)c2cccc3c4ccccc4c4cccc5c4c4c(c1ccc4n5-c1ccccc1-c1cccc(-c4ccccc4)c1)c23. The maximum atomic E-state index is 2.53. The summed E-state index contributed by atoms with van der Waals surface area (Å²) in [4.78, 5) is 0. The molecule has 0 saturated carbocycles. The molecule has 0 unspecified atom stereocenters. The van der Waals surface area contributed by atoms with Crippen LogP contribution in [-0.2, 0) is 5.41 Å². The summed E-state index contributed by atoms with van der Waals surface area (Å²) < 4.78 is 2.53. The van der Waals surface area contributed by atoms with Crippen molar-refractivity contribution in [2.75, 3.05) is 0 Å². The third-order valence-corrected chi connectivity index (χ3v) is 10.6. The third-order valence-electron chi connectivity index (χ3n) is 10.6. The highest BCUT2D eigenvalue weighted by Crippen LogP contribution is 2.53. The Kier molecular flexibility index (Phi) is 5.12. The molecule has 0 radical (unpaired) electrons. The van der Waals surface area contributed by atoms with Crippen LogP contribution in [-0.4, -0.2) is 4.57 Å². The monoisotopic (exact) mass is 585 g/mol. The molecule has 0 fully saturated rings. The number of hydrogen-bond donors (Lipinski definition) is 0. The van der Waals surface area contributed by atoms with Gasteiger partial charge in [0.1, 0.15) is 0 Å². The molecule has 10 rings (SSSR count). The highest BCUT2D eigenvalue weighted by atomic mass is 15.0. The Balaban J connectivity index is 1.39. The minimum Gasteiger partial charge on any atom is -0.309 e. The quantitative estimate of drug-likeness (QED) is 0.194. The summed E-state index contributed by atoms with van der Waals surface area (Å²) >= 11 is 0. The van der Waals surface area contributed by atoms with Crippen LogP contribution >= 0.6 is 0 Å². The maximum Gasteiger partial charge on any atom is 0.0548 e. The Morgan fingerprint density at radius 3 is 1.80 bits per heavy atom. The summed E-state index contributed by atoms with van der Waals surface area (Å²) in [5.41, 5.74) is 11.3. The van der Waals surface area contributed by atoms with Crippen LogP contribution in [0.5, 0.6) is 0 Å². The predicted molar refractivity (Wildman–Crippen MR) is 196 cm³/mol. The number of benzene rings is 7. The average molecular weight is 586 g/mol. The van der Waals surface area contributed by atoms with E-state index in [0.717, 1.165) is 0 Å². The molecule has 1 nitrogen and oxygen atoms in total. The largest absolute Gasteiger partial charge is 0.309 e. The van der Waals surface area contributed by atoms with Crippen molar-refractivity contribution in [1.29, 1.82) is 0 Å². The summed E-state index contributed by atoms with van der Waals surface area (Å²) in [6, 6.07) is 56.2. The van der Waals surface area contributed by atoms with Gasteiger partial charge in [-0.15, -0.1) is 0 Å². The van der Waals surface area contributed by atoms with E-state index < -0.39 is 0 Å². The highest BCUT2D eigenvalue weighted by Gasteiger charge is 2.35. The molecule has 1 aliphatic carbocycles. The summed E-state index contributed by atoms with van der Waals surface area (Å²) in [5, 5.41) is 10.8. The smallest absolute Gasteiger partial charge is 0.0548 e. The molecule has 9 aromatic rings. The van der Waals surface area contributed by atoms with Gasteiger partial charge in [-0.25, -0.2) is 0 Å². The molecular weight excluding hydrogens is 555 g/mol. The number of hydrogen-bond acceptors (Lipinski definition) is 0. The number of para-hydroxylation sites is 1. The topological polar surface area (TPSA) is 4.93 Å². The molecule has 216 valence electrons. The minimum absolute atomic E-state index is 0.0900. The second-order valence-electron chi connectivity index (χ2n) is 13.3. The van der Waals surface area contributed by atoms with Crippen molar-refractivity contribution >= 4 is 54.1 Å². The second kappa shape index (κ2) is 9.19. The fourth-order valence-electron chi connectivity index (χ4n) is 8.49. The Hall–Kier alpha value is -5.66. The third kappa shape index (κ3) is 3.30. The van der Waals surface area contributed by atoms with Gasteiger partial charge >= 0.3 is 0 Å².